The summed E-state index contributed by atoms with van der Waals surface area (Å²) in [6.45, 7) is 0.179. The first-order chi connectivity index (χ1) is 12.0. The van der Waals surface area contributed by atoms with E-state index in [1.54, 1.807) is 24.4 Å². The molecule has 2 N–H and O–H groups in total. The third-order valence-corrected chi connectivity index (χ3v) is 3.16. The highest BCUT2D eigenvalue weighted by atomic mass is 19.4. The minimum absolute atomic E-state index is 0.0459. The predicted molar refractivity (Wildman–Crippen MR) is 82.9 cm³/mol. The van der Waals surface area contributed by atoms with E-state index in [0.717, 1.165) is 6.07 Å². The first kappa shape index (κ1) is 16.8. The van der Waals surface area contributed by atoms with Gasteiger partial charge in [-0.05, 0) is 12.1 Å². The van der Waals surface area contributed by atoms with E-state index in [2.05, 4.69) is 25.4 Å². The van der Waals surface area contributed by atoms with E-state index in [1.165, 1.54) is 17.1 Å². The van der Waals surface area contributed by atoms with Crippen molar-refractivity contribution in [2.45, 2.75) is 12.7 Å². The molecular weight excluding hydrogens is 337 g/mol. The second-order valence-electron chi connectivity index (χ2n) is 5.01. The Bertz CT molecular complexity index is 850. The van der Waals surface area contributed by atoms with Crippen molar-refractivity contribution in [2.75, 3.05) is 11.9 Å². The molecule has 0 spiro atoms. The Morgan fingerprint density at radius 2 is 2.00 bits per heavy atom. The van der Waals surface area contributed by atoms with Crippen LogP contribution in [-0.4, -0.2) is 36.4 Å². The predicted octanol–water partition coefficient (Wildman–Crippen LogP) is 2.49. The van der Waals surface area contributed by atoms with Crippen molar-refractivity contribution in [3.05, 3.63) is 48.5 Å². The van der Waals surface area contributed by atoms with E-state index in [-0.39, 0.29) is 24.8 Å². The van der Waals surface area contributed by atoms with Gasteiger partial charge in [0.1, 0.15) is 5.82 Å². The highest BCUT2D eigenvalue weighted by molar-refractivity contribution is 5.59. The standard InChI is InChI=1S/C15H13F3N6O/c16-15(17,18)11-8-13(21-12-3-5-24(23-12)6-7-25)22-14(20-11)10-2-1-4-19-9-10/h1-5,8-9,25H,6-7H2,(H,20,21,22,23). The summed E-state index contributed by atoms with van der Waals surface area (Å²) in [7, 11) is 0. The molecule has 130 valence electrons. The Labute approximate surface area is 140 Å². The maximum Gasteiger partial charge on any atom is 0.433 e. The first-order valence-corrected chi connectivity index (χ1v) is 7.24. The summed E-state index contributed by atoms with van der Waals surface area (Å²) in [4.78, 5) is 11.6. The second-order valence-corrected chi connectivity index (χ2v) is 5.01. The van der Waals surface area contributed by atoms with Crippen molar-refractivity contribution >= 4 is 11.6 Å². The molecule has 0 aliphatic rings. The lowest BCUT2D eigenvalue weighted by Crippen LogP contribution is -2.11. The Morgan fingerprint density at radius 1 is 1.16 bits per heavy atom. The van der Waals surface area contributed by atoms with Crippen molar-refractivity contribution in [2.24, 2.45) is 0 Å². The molecule has 0 unspecified atom stereocenters. The molecule has 0 saturated heterocycles. The third-order valence-electron chi connectivity index (χ3n) is 3.16. The number of aliphatic hydroxyl groups is 1. The summed E-state index contributed by atoms with van der Waals surface area (Å²) in [6.07, 6.45) is -0.141. The Balaban J connectivity index is 1.97. The number of hydrogen-bond acceptors (Lipinski definition) is 6. The lowest BCUT2D eigenvalue weighted by molar-refractivity contribution is -0.141. The van der Waals surface area contributed by atoms with Gasteiger partial charge in [0.05, 0.1) is 13.2 Å². The van der Waals surface area contributed by atoms with Gasteiger partial charge in [0, 0.05) is 36.3 Å². The minimum atomic E-state index is -4.62. The molecule has 0 radical (unpaired) electrons. The average molecular weight is 350 g/mol. The topological polar surface area (TPSA) is 88.8 Å². The van der Waals surface area contributed by atoms with E-state index in [1.807, 2.05) is 0 Å². The smallest absolute Gasteiger partial charge is 0.394 e. The molecule has 7 nitrogen and oxygen atoms in total. The van der Waals surface area contributed by atoms with Crippen LogP contribution in [0.1, 0.15) is 5.69 Å². The molecule has 3 aromatic heterocycles. The molecule has 0 fully saturated rings. The van der Waals surface area contributed by atoms with Gasteiger partial charge in [-0.1, -0.05) is 0 Å². The van der Waals surface area contributed by atoms with Crippen molar-refractivity contribution in [3.8, 4) is 11.4 Å². The Hall–Kier alpha value is -3.01. The Kier molecular flexibility index (Phi) is 4.61. The van der Waals surface area contributed by atoms with Gasteiger partial charge in [-0.3, -0.25) is 9.67 Å². The number of hydrogen-bond donors (Lipinski definition) is 2. The maximum absolute atomic E-state index is 13.1. The van der Waals surface area contributed by atoms with Crippen molar-refractivity contribution in [1.29, 1.82) is 0 Å². The van der Waals surface area contributed by atoms with Crippen LogP contribution in [0.2, 0.25) is 0 Å². The van der Waals surface area contributed by atoms with Crippen LogP contribution in [0.25, 0.3) is 11.4 Å². The molecule has 25 heavy (non-hydrogen) atoms. The maximum atomic E-state index is 13.1. The molecule has 0 aliphatic carbocycles. The fourth-order valence-corrected chi connectivity index (χ4v) is 2.07. The van der Waals surface area contributed by atoms with E-state index in [0.29, 0.717) is 11.4 Å². The highest BCUT2D eigenvalue weighted by Gasteiger charge is 2.34. The molecule has 0 amide bonds. The second kappa shape index (κ2) is 6.85. The van der Waals surface area contributed by atoms with Crippen LogP contribution in [-0.2, 0) is 12.7 Å². The lowest BCUT2D eigenvalue weighted by atomic mass is 10.2. The third kappa shape index (κ3) is 4.10. The van der Waals surface area contributed by atoms with Gasteiger partial charge in [0.2, 0.25) is 0 Å². The van der Waals surface area contributed by atoms with Crippen LogP contribution < -0.4 is 5.32 Å². The monoisotopic (exact) mass is 350 g/mol. The fourth-order valence-electron chi connectivity index (χ4n) is 2.07. The molecule has 0 saturated carbocycles. The van der Waals surface area contributed by atoms with Crippen molar-refractivity contribution in [3.63, 3.8) is 0 Å². The Morgan fingerprint density at radius 3 is 2.68 bits per heavy atom. The number of pyridine rings is 1. The van der Waals surface area contributed by atoms with Gasteiger partial charge >= 0.3 is 6.18 Å². The van der Waals surface area contributed by atoms with Gasteiger partial charge in [-0.25, -0.2) is 9.97 Å². The van der Waals surface area contributed by atoms with E-state index in [4.69, 9.17) is 5.11 Å². The number of alkyl halides is 3. The van der Waals surface area contributed by atoms with Crippen LogP contribution in [0.15, 0.2) is 42.9 Å². The van der Waals surface area contributed by atoms with E-state index in [9.17, 15) is 13.2 Å². The zero-order valence-corrected chi connectivity index (χ0v) is 12.8. The molecular formula is C15H13F3N6O. The summed E-state index contributed by atoms with van der Waals surface area (Å²) in [5, 5.41) is 15.7. The number of anilines is 2. The quantitative estimate of drug-likeness (QED) is 0.735. The lowest BCUT2D eigenvalue weighted by Gasteiger charge is -2.11. The number of nitrogens with zero attached hydrogens (tertiary/aromatic N) is 5. The van der Waals surface area contributed by atoms with Crippen molar-refractivity contribution in [1.82, 2.24) is 24.7 Å². The molecule has 0 atom stereocenters. The van der Waals surface area contributed by atoms with Crippen molar-refractivity contribution < 1.29 is 18.3 Å². The zero-order chi connectivity index (χ0) is 17.9. The SMILES string of the molecule is OCCn1ccc(Nc2cc(C(F)(F)F)nc(-c3cccnc3)n2)n1. The summed E-state index contributed by atoms with van der Waals surface area (Å²) >= 11 is 0. The largest absolute Gasteiger partial charge is 0.433 e. The van der Waals surface area contributed by atoms with Crippen LogP contribution >= 0.6 is 0 Å². The summed E-state index contributed by atoms with van der Waals surface area (Å²) < 4.78 is 40.8. The average Bonchev–Trinajstić information content (AvgIpc) is 3.02. The summed E-state index contributed by atoms with van der Waals surface area (Å²) in [6, 6.07) is 5.53. The highest BCUT2D eigenvalue weighted by Crippen LogP contribution is 2.31. The summed E-state index contributed by atoms with van der Waals surface area (Å²) in [5.41, 5.74) is -0.707. The van der Waals surface area contributed by atoms with Gasteiger partial charge in [-0.15, -0.1) is 0 Å². The van der Waals surface area contributed by atoms with Crippen LogP contribution in [0, 0.1) is 0 Å². The number of aromatic nitrogens is 5. The van der Waals surface area contributed by atoms with Crippen LogP contribution in [0.4, 0.5) is 24.8 Å². The molecule has 3 heterocycles. The molecule has 0 bridgehead atoms. The van der Waals surface area contributed by atoms with Crippen LogP contribution in [0.3, 0.4) is 0 Å². The van der Waals surface area contributed by atoms with Gasteiger partial charge in [0.15, 0.2) is 17.3 Å². The zero-order valence-electron chi connectivity index (χ0n) is 12.8. The summed E-state index contributed by atoms with van der Waals surface area (Å²) in [5.74, 6) is 0.160. The molecule has 0 aliphatic heterocycles. The minimum Gasteiger partial charge on any atom is -0.394 e. The van der Waals surface area contributed by atoms with Gasteiger partial charge < -0.3 is 10.4 Å². The molecule has 10 heteroatoms. The fraction of sp³-hybridized carbons (Fsp3) is 0.200. The number of nitrogens with one attached hydrogen (secondary N) is 1. The van der Waals surface area contributed by atoms with E-state index < -0.39 is 11.9 Å². The number of aliphatic hydroxyl groups excluding tert-OH is 1. The molecule has 3 rings (SSSR count). The normalized spacial score (nSPS) is 11.5. The van der Waals surface area contributed by atoms with Gasteiger partial charge in [0.25, 0.3) is 0 Å². The van der Waals surface area contributed by atoms with E-state index >= 15 is 0 Å². The van der Waals surface area contributed by atoms with Crippen LogP contribution in [0.5, 0.6) is 0 Å². The number of rotatable bonds is 5. The first-order valence-electron chi connectivity index (χ1n) is 7.24. The molecule has 0 aromatic carbocycles. The number of halogens is 3. The molecule has 3 aromatic rings. The van der Waals surface area contributed by atoms with Gasteiger partial charge in [-0.2, -0.15) is 18.3 Å².